The molecule has 1 saturated heterocycles. The first-order valence-corrected chi connectivity index (χ1v) is 12.1. The van der Waals surface area contributed by atoms with E-state index in [0.29, 0.717) is 12.3 Å². The van der Waals surface area contributed by atoms with E-state index in [1.165, 1.54) is 6.08 Å². The smallest absolute Gasteiger partial charge is 0.338 e. The van der Waals surface area contributed by atoms with E-state index in [1.54, 1.807) is 24.1 Å². The van der Waals surface area contributed by atoms with Gasteiger partial charge in [-0.25, -0.2) is 18.0 Å². The lowest BCUT2D eigenvalue weighted by Gasteiger charge is -2.51. The number of methoxy groups -OCH3 is 1. The first-order valence-electron chi connectivity index (χ1n) is 12.1. The number of rotatable bonds is 7. The molecule has 192 valence electrons. The highest BCUT2D eigenvalue weighted by Gasteiger charge is 2.55. The van der Waals surface area contributed by atoms with E-state index >= 15 is 4.39 Å². The Morgan fingerprint density at radius 2 is 1.86 bits per heavy atom. The van der Waals surface area contributed by atoms with Gasteiger partial charge in [0.2, 0.25) is 0 Å². The van der Waals surface area contributed by atoms with Crippen molar-refractivity contribution in [2.45, 2.75) is 70.6 Å². The molecule has 0 amide bonds. The van der Waals surface area contributed by atoms with Gasteiger partial charge in [0.05, 0.1) is 25.3 Å². The minimum atomic E-state index is -2.97. The molecule has 1 aromatic rings. The summed E-state index contributed by atoms with van der Waals surface area (Å²) >= 11 is 0. The van der Waals surface area contributed by atoms with Gasteiger partial charge in [0.25, 0.3) is 5.92 Å². The topological polar surface area (TPSA) is 59.0 Å². The predicted molar refractivity (Wildman–Crippen MR) is 126 cm³/mol. The molecule has 1 aromatic carbocycles. The van der Waals surface area contributed by atoms with Gasteiger partial charge in [-0.05, 0) is 53.5 Å². The van der Waals surface area contributed by atoms with Crippen molar-refractivity contribution < 1.29 is 32.5 Å². The van der Waals surface area contributed by atoms with E-state index < -0.39 is 41.3 Å². The number of nitrogens with zero attached hydrogens (tertiary/aromatic N) is 1. The Bertz CT molecular complexity index is 1020. The molecule has 0 radical (unpaired) electrons. The number of carbonyl (C=O) groups is 1. The average molecular weight is 494 g/mol. The summed E-state index contributed by atoms with van der Waals surface area (Å²) in [4.78, 5) is 13.3. The van der Waals surface area contributed by atoms with Gasteiger partial charge >= 0.3 is 5.97 Å². The van der Waals surface area contributed by atoms with E-state index in [2.05, 4.69) is 0 Å². The first-order chi connectivity index (χ1) is 16.3. The van der Waals surface area contributed by atoms with Crippen LogP contribution in [0, 0.1) is 11.3 Å². The highest BCUT2D eigenvalue weighted by molar-refractivity contribution is 5.91. The lowest BCUT2D eigenvalue weighted by Crippen LogP contribution is -2.57. The van der Waals surface area contributed by atoms with Gasteiger partial charge in [0, 0.05) is 25.9 Å². The Labute approximate surface area is 204 Å². The highest BCUT2D eigenvalue weighted by Crippen LogP contribution is 2.56. The zero-order valence-electron chi connectivity index (χ0n) is 20.7. The number of carboxylic acid groups (broad SMARTS) is 1. The number of benzene rings is 1. The van der Waals surface area contributed by atoms with Gasteiger partial charge < -0.3 is 14.6 Å². The molecule has 2 aliphatic carbocycles. The van der Waals surface area contributed by atoms with Crippen molar-refractivity contribution >= 4 is 5.97 Å². The summed E-state index contributed by atoms with van der Waals surface area (Å²) in [7, 11) is 1.57. The number of ether oxygens (including phenoxy) is 2. The van der Waals surface area contributed by atoms with Crippen LogP contribution in [0.4, 0.5) is 13.2 Å². The SMILES string of the molecule is COc1ccc(CN2CC(O[C@@]3(C(C)(C)C)CC(F)=C(C(=O)O)C=C3C3CC3)CC(F)(F)C2)cc1. The number of likely N-dealkylation sites (tertiary alicyclic amines) is 1. The molecule has 3 aliphatic rings. The molecule has 4 rings (SSSR count). The van der Waals surface area contributed by atoms with E-state index in [-0.39, 0.29) is 31.0 Å². The van der Waals surface area contributed by atoms with Crippen LogP contribution in [0.2, 0.25) is 0 Å². The van der Waals surface area contributed by atoms with Crippen LogP contribution in [0.5, 0.6) is 5.75 Å². The van der Waals surface area contributed by atoms with Gasteiger partial charge in [-0.15, -0.1) is 0 Å². The van der Waals surface area contributed by atoms with Crippen LogP contribution in [-0.2, 0) is 16.1 Å². The van der Waals surface area contributed by atoms with E-state index in [4.69, 9.17) is 9.47 Å². The van der Waals surface area contributed by atoms with Crippen molar-refractivity contribution in [2.75, 3.05) is 20.2 Å². The standard InChI is InChI=1S/C27H34F3NO4/c1-25(2,3)27(13-23(28)21(24(32)33)11-22(27)18-7-8-18)35-20-12-26(29,30)16-31(15-20)14-17-5-9-19(34-4)10-6-17/h5-6,9-11,18,20H,7-8,12-16H2,1-4H3,(H,32,33)/t20?,27-/m0/s1. The molecule has 0 spiro atoms. The van der Waals surface area contributed by atoms with E-state index in [1.807, 2.05) is 32.9 Å². The predicted octanol–water partition coefficient (Wildman–Crippen LogP) is 5.75. The lowest BCUT2D eigenvalue weighted by atomic mass is 9.65. The number of hydrogen-bond acceptors (Lipinski definition) is 4. The molecular weight excluding hydrogens is 459 g/mol. The minimum absolute atomic E-state index is 0.0798. The molecule has 5 nitrogen and oxygen atoms in total. The molecule has 1 aliphatic heterocycles. The molecule has 1 unspecified atom stereocenters. The third-order valence-corrected chi connectivity index (χ3v) is 7.30. The number of aliphatic carboxylic acids is 1. The average Bonchev–Trinajstić information content (AvgIpc) is 3.57. The van der Waals surface area contributed by atoms with Crippen molar-refractivity contribution in [2.24, 2.45) is 11.3 Å². The van der Waals surface area contributed by atoms with E-state index in [0.717, 1.165) is 24.0 Å². The molecule has 2 fully saturated rings. The molecule has 2 atom stereocenters. The summed E-state index contributed by atoms with van der Waals surface area (Å²) in [5.74, 6) is -4.28. The fourth-order valence-electron chi connectivity index (χ4n) is 5.39. The third-order valence-electron chi connectivity index (χ3n) is 7.30. The largest absolute Gasteiger partial charge is 0.497 e. The maximum atomic E-state index is 15.1. The van der Waals surface area contributed by atoms with Crippen LogP contribution >= 0.6 is 0 Å². The van der Waals surface area contributed by atoms with Crippen molar-refractivity contribution in [3.63, 3.8) is 0 Å². The zero-order valence-corrected chi connectivity index (χ0v) is 20.7. The highest BCUT2D eigenvalue weighted by atomic mass is 19.3. The second kappa shape index (κ2) is 9.28. The van der Waals surface area contributed by atoms with Crippen LogP contribution in [-0.4, -0.2) is 53.8 Å². The zero-order chi connectivity index (χ0) is 25.6. The van der Waals surface area contributed by atoms with Gasteiger partial charge in [0.1, 0.15) is 17.2 Å². The quantitative estimate of drug-likeness (QED) is 0.524. The fourth-order valence-corrected chi connectivity index (χ4v) is 5.39. The van der Waals surface area contributed by atoms with Crippen LogP contribution in [0.3, 0.4) is 0 Å². The van der Waals surface area contributed by atoms with Gasteiger partial charge in [-0.1, -0.05) is 32.9 Å². The number of halogens is 3. The molecule has 1 heterocycles. The normalized spacial score (nSPS) is 27.5. The molecule has 1 saturated carbocycles. The molecule has 8 heteroatoms. The molecule has 1 N–H and O–H groups in total. The molecular formula is C27H34F3NO4. The van der Waals surface area contributed by atoms with Crippen molar-refractivity contribution in [3.8, 4) is 5.75 Å². The lowest BCUT2D eigenvalue weighted by molar-refractivity contribution is -0.189. The fraction of sp³-hybridized carbons (Fsp3) is 0.593. The first kappa shape index (κ1) is 25.8. The Morgan fingerprint density at radius 3 is 2.40 bits per heavy atom. The number of alkyl halides is 2. The third kappa shape index (κ3) is 5.43. The summed E-state index contributed by atoms with van der Waals surface area (Å²) in [6, 6.07) is 7.29. The maximum absolute atomic E-state index is 15.1. The molecule has 0 bridgehead atoms. The Morgan fingerprint density at radius 1 is 1.20 bits per heavy atom. The number of carboxylic acids is 1. The molecule has 35 heavy (non-hydrogen) atoms. The minimum Gasteiger partial charge on any atom is -0.497 e. The Kier molecular flexibility index (Phi) is 6.83. The van der Waals surface area contributed by atoms with Crippen LogP contribution in [0.15, 0.2) is 47.3 Å². The molecule has 0 aromatic heterocycles. The van der Waals surface area contributed by atoms with Crippen molar-refractivity contribution in [3.05, 3.63) is 52.9 Å². The Hall–Kier alpha value is -2.32. The summed E-state index contributed by atoms with van der Waals surface area (Å²) in [6.07, 6.45) is 1.55. The second-order valence-electron chi connectivity index (χ2n) is 11.1. The summed E-state index contributed by atoms with van der Waals surface area (Å²) in [6.45, 7) is 5.92. The van der Waals surface area contributed by atoms with Crippen molar-refractivity contribution in [1.82, 2.24) is 4.90 Å². The van der Waals surface area contributed by atoms with Gasteiger partial charge in [0.15, 0.2) is 0 Å². The summed E-state index contributed by atoms with van der Waals surface area (Å²) < 4.78 is 56.6. The van der Waals surface area contributed by atoms with Gasteiger partial charge in [-0.2, -0.15) is 0 Å². The van der Waals surface area contributed by atoms with Crippen molar-refractivity contribution in [1.29, 1.82) is 0 Å². The van der Waals surface area contributed by atoms with Gasteiger partial charge in [-0.3, -0.25) is 4.90 Å². The monoisotopic (exact) mass is 493 g/mol. The summed E-state index contributed by atoms with van der Waals surface area (Å²) in [5, 5.41) is 9.50. The van der Waals surface area contributed by atoms with Crippen LogP contribution < -0.4 is 4.74 Å². The van der Waals surface area contributed by atoms with Crippen LogP contribution in [0.25, 0.3) is 0 Å². The van der Waals surface area contributed by atoms with Crippen LogP contribution in [0.1, 0.15) is 52.0 Å². The Balaban J connectivity index is 1.62. The number of piperidine rings is 1. The maximum Gasteiger partial charge on any atom is 0.338 e. The second-order valence-corrected chi connectivity index (χ2v) is 11.1. The van der Waals surface area contributed by atoms with E-state index in [9.17, 15) is 18.7 Å². The number of hydrogen-bond donors (Lipinski definition) is 1. The summed E-state index contributed by atoms with van der Waals surface area (Å²) in [5.41, 5.74) is -0.591.